The number of nitrogens with zero attached hydrogens (tertiary/aromatic N) is 2. The van der Waals surface area contributed by atoms with E-state index in [0.29, 0.717) is 5.96 Å². The third-order valence-electron chi connectivity index (χ3n) is 4.07. The number of hydrogen-bond acceptors (Lipinski definition) is 1. The average molecular weight is 328 g/mol. The number of rotatable bonds is 3. The summed E-state index contributed by atoms with van der Waals surface area (Å²) in [6.07, 6.45) is 0. The normalized spacial score (nSPS) is 11.5. The van der Waals surface area contributed by atoms with Gasteiger partial charge < -0.3 is 10.6 Å². The number of benzene rings is 3. The zero-order valence-corrected chi connectivity index (χ0v) is 14.3. The standard InChI is InChI=1S/C19H21N3.ClH/c1-3-22(4-2)19(20)21-18-13-14-9-5-6-10-15(14)16-11-7-8-12-17(16)18;/h5-13H,3-4H2,1-2H3,(H2,20,21);1H. The van der Waals surface area contributed by atoms with Gasteiger partial charge in [-0.3, -0.25) is 0 Å². The molecule has 0 fully saturated rings. The molecule has 0 aliphatic carbocycles. The van der Waals surface area contributed by atoms with Crippen LogP contribution in [0.25, 0.3) is 21.5 Å². The van der Waals surface area contributed by atoms with E-state index in [1.165, 1.54) is 16.2 Å². The summed E-state index contributed by atoms with van der Waals surface area (Å²) in [5.41, 5.74) is 7.11. The molecule has 0 spiro atoms. The lowest BCUT2D eigenvalue weighted by atomic mass is 10.0. The summed E-state index contributed by atoms with van der Waals surface area (Å²) in [7, 11) is 0. The van der Waals surface area contributed by atoms with Crippen LogP contribution in [-0.4, -0.2) is 23.9 Å². The average Bonchev–Trinajstić information content (AvgIpc) is 2.56. The maximum absolute atomic E-state index is 6.18. The summed E-state index contributed by atoms with van der Waals surface area (Å²) < 4.78 is 0. The van der Waals surface area contributed by atoms with Crippen molar-refractivity contribution in [1.82, 2.24) is 4.90 Å². The monoisotopic (exact) mass is 327 g/mol. The molecule has 3 nitrogen and oxygen atoms in total. The van der Waals surface area contributed by atoms with Gasteiger partial charge in [-0.15, -0.1) is 12.4 Å². The fourth-order valence-corrected chi connectivity index (χ4v) is 2.87. The highest BCUT2D eigenvalue weighted by Gasteiger charge is 2.08. The van der Waals surface area contributed by atoms with Crippen molar-refractivity contribution in [2.24, 2.45) is 10.7 Å². The van der Waals surface area contributed by atoms with E-state index in [1.54, 1.807) is 0 Å². The fourth-order valence-electron chi connectivity index (χ4n) is 2.87. The van der Waals surface area contributed by atoms with Crippen LogP contribution in [0.3, 0.4) is 0 Å². The molecule has 0 aromatic heterocycles. The lowest BCUT2D eigenvalue weighted by Gasteiger charge is -2.19. The van der Waals surface area contributed by atoms with Gasteiger partial charge in [0.15, 0.2) is 5.96 Å². The smallest absolute Gasteiger partial charge is 0.196 e. The molecule has 0 bridgehead atoms. The number of nitrogens with two attached hydrogens (primary N) is 1. The third-order valence-corrected chi connectivity index (χ3v) is 4.07. The predicted octanol–water partition coefficient (Wildman–Crippen LogP) is 4.70. The summed E-state index contributed by atoms with van der Waals surface area (Å²) >= 11 is 0. The van der Waals surface area contributed by atoms with E-state index in [2.05, 4.69) is 67.3 Å². The van der Waals surface area contributed by atoms with Crippen molar-refractivity contribution >= 4 is 45.6 Å². The van der Waals surface area contributed by atoms with Gasteiger partial charge in [0.05, 0.1) is 5.69 Å². The van der Waals surface area contributed by atoms with Gasteiger partial charge in [-0.1, -0.05) is 48.5 Å². The minimum Gasteiger partial charge on any atom is -0.369 e. The number of guanidine groups is 1. The van der Waals surface area contributed by atoms with Crippen molar-refractivity contribution in [3.8, 4) is 0 Å². The molecule has 3 rings (SSSR count). The Labute approximate surface area is 143 Å². The van der Waals surface area contributed by atoms with E-state index in [0.717, 1.165) is 24.2 Å². The second kappa shape index (κ2) is 7.34. The van der Waals surface area contributed by atoms with Crippen LogP contribution in [0.15, 0.2) is 59.6 Å². The fraction of sp³-hybridized carbons (Fsp3) is 0.211. The summed E-state index contributed by atoms with van der Waals surface area (Å²) in [6.45, 7) is 5.89. The first-order chi connectivity index (χ1) is 10.7. The van der Waals surface area contributed by atoms with Crippen molar-refractivity contribution in [2.45, 2.75) is 13.8 Å². The zero-order valence-electron chi connectivity index (χ0n) is 13.5. The Balaban J connectivity index is 0.00000192. The van der Waals surface area contributed by atoms with Crippen LogP contribution in [0, 0.1) is 0 Å². The lowest BCUT2D eigenvalue weighted by Crippen LogP contribution is -2.36. The van der Waals surface area contributed by atoms with Crippen LogP contribution in [0.1, 0.15) is 13.8 Å². The first-order valence-corrected chi connectivity index (χ1v) is 7.74. The second-order valence-electron chi connectivity index (χ2n) is 5.30. The van der Waals surface area contributed by atoms with Crippen LogP contribution in [-0.2, 0) is 0 Å². The minimum absolute atomic E-state index is 0. The summed E-state index contributed by atoms with van der Waals surface area (Å²) in [5.74, 6) is 0.574. The molecule has 0 radical (unpaired) electrons. The lowest BCUT2D eigenvalue weighted by molar-refractivity contribution is 0.460. The number of halogens is 1. The molecule has 0 heterocycles. The van der Waals surface area contributed by atoms with Gasteiger partial charge in [0, 0.05) is 18.5 Å². The van der Waals surface area contributed by atoms with Crippen LogP contribution in [0.4, 0.5) is 5.69 Å². The van der Waals surface area contributed by atoms with E-state index in [4.69, 9.17) is 10.7 Å². The Hall–Kier alpha value is -2.26. The van der Waals surface area contributed by atoms with Crippen LogP contribution in [0.2, 0.25) is 0 Å². The quantitative estimate of drug-likeness (QED) is 0.430. The molecule has 0 saturated carbocycles. The summed E-state index contributed by atoms with van der Waals surface area (Å²) in [6, 6.07) is 18.9. The Morgan fingerprint density at radius 1 is 0.913 bits per heavy atom. The van der Waals surface area contributed by atoms with Crippen molar-refractivity contribution in [3.05, 3.63) is 54.6 Å². The van der Waals surface area contributed by atoms with Crippen molar-refractivity contribution in [1.29, 1.82) is 0 Å². The van der Waals surface area contributed by atoms with Gasteiger partial charge in [0.25, 0.3) is 0 Å². The number of fused-ring (bicyclic) bond motifs is 3. The molecule has 0 unspecified atom stereocenters. The van der Waals surface area contributed by atoms with Gasteiger partial charge in [-0.05, 0) is 36.1 Å². The van der Waals surface area contributed by atoms with Gasteiger partial charge in [-0.2, -0.15) is 0 Å². The minimum atomic E-state index is 0. The molecule has 0 aliphatic rings. The van der Waals surface area contributed by atoms with E-state index in [-0.39, 0.29) is 12.4 Å². The molecule has 3 aromatic rings. The highest BCUT2D eigenvalue weighted by atomic mass is 35.5. The molecule has 23 heavy (non-hydrogen) atoms. The van der Waals surface area contributed by atoms with E-state index < -0.39 is 0 Å². The van der Waals surface area contributed by atoms with Crippen LogP contribution < -0.4 is 5.73 Å². The molecular weight excluding hydrogens is 306 g/mol. The van der Waals surface area contributed by atoms with Crippen molar-refractivity contribution < 1.29 is 0 Å². The molecule has 4 heteroatoms. The largest absolute Gasteiger partial charge is 0.369 e. The van der Waals surface area contributed by atoms with Crippen LogP contribution >= 0.6 is 12.4 Å². The third kappa shape index (κ3) is 3.25. The molecule has 120 valence electrons. The number of aliphatic imine (C=N–C) groups is 1. The van der Waals surface area contributed by atoms with Gasteiger partial charge in [-0.25, -0.2) is 4.99 Å². The number of hydrogen-bond donors (Lipinski definition) is 1. The Morgan fingerprint density at radius 2 is 1.48 bits per heavy atom. The van der Waals surface area contributed by atoms with E-state index >= 15 is 0 Å². The Kier molecular flexibility index (Phi) is 5.45. The van der Waals surface area contributed by atoms with E-state index in [1.807, 2.05) is 6.07 Å². The molecule has 0 atom stereocenters. The first kappa shape index (κ1) is 17.1. The first-order valence-electron chi connectivity index (χ1n) is 7.74. The van der Waals surface area contributed by atoms with E-state index in [9.17, 15) is 0 Å². The molecular formula is C19H22ClN3. The highest BCUT2D eigenvalue weighted by molar-refractivity contribution is 6.12. The predicted molar refractivity (Wildman–Crippen MR) is 103 cm³/mol. The van der Waals surface area contributed by atoms with Crippen molar-refractivity contribution in [2.75, 3.05) is 13.1 Å². The van der Waals surface area contributed by atoms with Crippen molar-refractivity contribution in [3.63, 3.8) is 0 Å². The van der Waals surface area contributed by atoms with Gasteiger partial charge in [0.1, 0.15) is 0 Å². The molecule has 0 aliphatic heterocycles. The van der Waals surface area contributed by atoms with Gasteiger partial charge in [0.2, 0.25) is 0 Å². The van der Waals surface area contributed by atoms with Crippen LogP contribution in [0.5, 0.6) is 0 Å². The molecule has 0 saturated heterocycles. The highest BCUT2D eigenvalue weighted by Crippen LogP contribution is 2.33. The molecule has 2 N–H and O–H groups in total. The van der Waals surface area contributed by atoms with Gasteiger partial charge >= 0.3 is 0 Å². The summed E-state index contributed by atoms with van der Waals surface area (Å²) in [5, 5.41) is 4.79. The zero-order chi connectivity index (χ0) is 15.5. The topological polar surface area (TPSA) is 41.6 Å². The molecule has 0 amide bonds. The second-order valence-corrected chi connectivity index (χ2v) is 5.30. The Bertz CT molecular complexity index is 838. The SMILES string of the molecule is CCN(CC)C(N)=Nc1cc2ccccc2c2ccccc12.Cl. The Morgan fingerprint density at radius 3 is 2.13 bits per heavy atom. The maximum Gasteiger partial charge on any atom is 0.196 e. The summed E-state index contributed by atoms with van der Waals surface area (Å²) in [4.78, 5) is 6.76. The maximum atomic E-state index is 6.18. The molecule has 3 aromatic carbocycles.